The molecule has 4 rings (SSSR count). The Labute approximate surface area is 197 Å². The SMILES string of the molecule is CCC(C)N(Cc1nc2ccccc2c(=O)[nH]1)C(=O)CCc1c(C)nc2c(C#N)cnn2c1C. The third kappa shape index (κ3) is 4.27. The van der Waals surface area contributed by atoms with Crippen molar-refractivity contribution in [1.82, 2.24) is 29.5 Å². The topological polar surface area (TPSA) is 120 Å². The minimum atomic E-state index is -0.210. The van der Waals surface area contributed by atoms with Crippen molar-refractivity contribution in [2.45, 2.75) is 59.5 Å². The third-order valence-corrected chi connectivity index (χ3v) is 6.34. The van der Waals surface area contributed by atoms with Crippen molar-refractivity contribution in [3.8, 4) is 6.07 Å². The van der Waals surface area contributed by atoms with E-state index in [1.807, 2.05) is 33.8 Å². The highest BCUT2D eigenvalue weighted by Crippen LogP contribution is 2.20. The molecule has 0 fully saturated rings. The summed E-state index contributed by atoms with van der Waals surface area (Å²) in [5.74, 6) is 0.440. The van der Waals surface area contributed by atoms with Gasteiger partial charge < -0.3 is 9.88 Å². The third-order valence-electron chi connectivity index (χ3n) is 6.34. The number of hydrogen-bond donors (Lipinski definition) is 1. The van der Waals surface area contributed by atoms with Crippen LogP contribution in [0.4, 0.5) is 0 Å². The van der Waals surface area contributed by atoms with E-state index in [9.17, 15) is 14.9 Å². The van der Waals surface area contributed by atoms with E-state index in [0.717, 1.165) is 23.4 Å². The van der Waals surface area contributed by atoms with Gasteiger partial charge in [-0.05, 0) is 51.3 Å². The van der Waals surface area contributed by atoms with Crippen LogP contribution in [0.5, 0.6) is 0 Å². The van der Waals surface area contributed by atoms with Gasteiger partial charge in [-0.3, -0.25) is 9.59 Å². The van der Waals surface area contributed by atoms with Crippen molar-refractivity contribution >= 4 is 22.5 Å². The molecule has 0 saturated carbocycles. The molecule has 3 aromatic heterocycles. The molecule has 1 amide bonds. The van der Waals surface area contributed by atoms with Crippen LogP contribution in [-0.4, -0.2) is 41.4 Å². The van der Waals surface area contributed by atoms with Crippen molar-refractivity contribution in [3.05, 3.63) is 69.2 Å². The maximum atomic E-state index is 13.3. The second-order valence-corrected chi connectivity index (χ2v) is 8.48. The number of aromatic amines is 1. The fourth-order valence-electron chi connectivity index (χ4n) is 4.21. The normalized spacial score (nSPS) is 12.1. The van der Waals surface area contributed by atoms with Crippen molar-refractivity contribution in [2.75, 3.05) is 0 Å². The Morgan fingerprint density at radius 3 is 2.76 bits per heavy atom. The largest absolute Gasteiger partial charge is 0.333 e. The first kappa shape index (κ1) is 23.1. The van der Waals surface area contributed by atoms with E-state index >= 15 is 0 Å². The summed E-state index contributed by atoms with van der Waals surface area (Å²) >= 11 is 0. The predicted molar refractivity (Wildman–Crippen MR) is 128 cm³/mol. The molecule has 174 valence electrons. The van der Waals surface area contributed by atoms with Crippen LogP contribution < -0.4 is 5.56 Å². The van der Waals surface area contributed by atoms with E-state index in [0.29, 0.717) is 34.4 Å². The van der Waals surface area contributed by atoms with Crippen molar-refractivity contribution < 1.29 is 4.79 Å². The highest BCUT2D eigenvalue weighted by molar-refractivity contribution is 5.78. The van der Waals surface area contributed by atoms with E-state index in [1.165, 1.54) is 6.20 Å². The van der Waals surface area contributed by atoms with Gasteiger partial charge >= 0.3 is 0 Å². The molecular weight excluding hydrogens is 430 g/mol. The van der Waals surface area contributed by atoms with Gasteiger partial charge in [0.25, 0.3) is 5.56 Å². The van der Waals surface area contributed by atoms with Gasteiger partial charge in [0.2, 0.25) is 5.91 Å². The zero-order valence-corrected chi connectivity index (χ0v) is 19.8. The summed E-state index contributed by atoms with van der Waals surface area (Å²) in [6.45, 7) is 8.06. The summed E-state index contributed by atoms with van der Waals surface area (Å²) in [5.41, 5.74) is 3.94. The number of H-pyrrole nitrogens is 1. The fourth-order valence-corrected chi connectivity index (χ4v) is 4.21. The molecule has 0 aliphatic carbocycles. The number of fused-ring (bicyclic) bond motifs is 2. The molecule has 0 radical (unpaired) electrons. The van der Waals surface area contributed by atoms with Crippen molar-refractivity contribution in [1.29, 1.82) is 5.26 Å². The summed E-state index contributed by atoms with van der Waals surface area (Å²) in [6.07, 6.45) is 3.06. The smallest absolute Gasteiger partial charge is 0.258 e. The number of nitriles is 1. The molecule has 0 aliphatic rings. The summed E-state index contributed by atoms with van der Waals surface area (Å²) in [4.78, 5) is 39.5. The molecule has 9 nitrogen and oxygen atoms in total. The number of benzene rings is 1. The number of amides is 1. The van der Waals surface area contributed by atoms with Gasteiger partial charge in [-0.1, -0.05) is 19.1 Å². The first-order valence-electron chi connectivity index (χ1n) is 11.3. The summed E-state index contributed by atoms with van der Waals surface area (Å²) in [7, 11) is 0. The summed E-state index contributed by atoms with van der Waals surface area (Å²) < 4.78 is 1.65. The van der Waals surface area contributed by atoms with Crippen LogP contribution in [0.2, 0.25) is 0 Å². The molecule has 1 atom stereocenters. The van der Waals surface area contributed by atoms with Gasteiger partial charge in [0.15, 0.2) is 5.65 Å². The number of carbonyl (C=O) groups excluding carboxylic acids is 1. The lowest BCUT2D eigenvalue weighted by Crippen LogP contribution is -2.39. The lowest BCUT2D eigenvalue weighted by molar-refractivity contribution is -0.134. The van der Waals surface area contributed by atoms with Crippen LogP contribution in [0.1, 0.15) is 55.0 Å². The Hall–Kier alpha value is -4.06. The molecule has 3 heterocycles. The summed E-state index contributed by atoms with van der Waals surface area (Å²) in [5, 5.41) is 14.1. The maximum absolute atomic E-state index is 13.3. The molecule has 1 unspecified atom stereocenters. The Morgan fingerprint density at radius 2 is 2.03 bits per heavy atom. The van der Waals surface area contributed by atoms with Crippen molar-refractivity contribution in [3.63, 3.8) is 0 Å². The Morgan fingerprint density at radius 1 is 1.26 bits per heavy atom. The van der Waals surface area contributed by atoms with Gasteiger partial charge in [0.05, 0.1) is 23.6 Å². The average molecular weight is 458 g/mol. The number of nitrogens with one attached hydrogen (secondary N) is 1. The zero-order chi connectivity index (χ0) is 24.4. The van der Waals surface area contributed by atoms with E-state index < -0.39 is 0 Å². The number of nitrogens with zero attached hydrogens (tertiary/aromatic N) is 6. The molecular formula is C25H27N7O2. The first-order valence-corrected chi connectivity index (χ1v) is 11.3. The second kappa shape index (κ2) is 9.43. The van der Waals surface area contributed by atoms with Crippen LogP contribution in [0, 0.1) is 25.2 Å². The van der Waals surface area contributed by atoms with Gasteiger partial charge in [0.1, 0.15) is 17.5 Å². The van der Waals surface area contributed by atoms with Crippen LogP contribution in [0.25, 0.3) is 16.6 Å². The maximum Gasteiger partial charge on any atom is 0.258 e. The Balaban J connectivity index is 1.57. The standard InChI is InChI=1S/C25H27N7O2/c1-5-15(2)31(14-22-29-21-9-7-6-8-20(21)25(34)30-22)23(33)11-10-19-16(3)28-24-18(12-26)13-27-32(24)17(19)4/h6-9,13,15H,5,10-11,14H2,1-4H3,(H,29,30,34). The van der Waals surface area contributed by atoms with Gasteiger partial charge in [-0.15, -0.1) is 0 Å². The Bertz CT molecular complexity index is 1480. The van der Waals surface area contributed by atoms with E-state index in [4.69, 9.17) is 0 Å². The molecule has 0 spiro atoms. The molecule has 1 N–H and O–H groups in total. The van der Waals surface area contributed by atoms with Gasteiger partial charge in [0, 0.05) is 23.9 Å². The van der Waals surface area contributed by atoms with Crippen molar-refractivity contribution in [2.24, 2.45) is 0 Å². The number of para-hydroxylation sites is 1. The monoisotopic (exact) mass is 457 g/mol. The highest BCUT2D eigenvalue weighted by atomic mass is 16.2. The summed E-state index contributed by atoms with van der Waals surface area (Å²) in [6, 6.07) is 9.26. The predicted octanol–water partition coefficient (Wildman–Crippen LogP) is 3.21. The molecule has 1 aromatic carbocycles. The van der Waals surface area contributed by atoms with Crippen LogP contribution >= 0.6 is 0 Å². The lowest BCUT2D eigenvalue weighted by Gasteiger charge is -2.28. The molecule has 0 bridgehead atoms. The van der Waals surface area contributed by atoms with E-state index in [-0.39, 0.29) is 30.5 Å². The number of aromatic nitrogens is 5. The number of rotatable bonds is 7. The molecule has 4 aromatic rings. The minimum Gasteiger partial charge on any atom is -0.333 e. The average Bonchev–Trinajstić information content (AvgIpc) is 3.24. The molecule has 0 aliphatic heterocycles. The number of carbonyl (C=O) groups is 1. The van der Waals surface area contributed by atoms with Gasteiger partial charge in [-0.25, -0.2) is 14.5 Å². The zero-order valence-electron chi connectivity index (χ0n) is 19.8. The number of aryl methyl sites for hydroxylation is 2. The van der Waals surface area contributed by atoms with Crippen LogP contribution in [0.3, 0.4) is 0 Å². The van der Waals surface area contributed by atoms with Gasteiger partial charge in [-0.2, -0.15) is 10.4 Å². The first-order chi connectivity index (χ1) is 16.3. The number of hydrogen-bond acceptors (Lipinski definition) is 6. The fraction of sp³-hybridized carbons (Fsp3) is 0.360. The molecule has 34 heavy (non-hydrogen) atoms. The minimum absolute atomic E-state index is 0.0172. The Kier molecular flexibility index (Phi) is 6.41. The molecule has 9 heteroatoms. The van der Waals surface area contributed by atoms with Crippen LogP contribution in [0.15, 0.2) is 35.3 Å². The highest BCUT2D eigenvalue weighted by Gasteiger charge is 2.22. The second-order valence-electron chi connectivity index (χ2n) is 8.48. The van der Waals surface area contributed by atoms with E-state index in [2.05, 4.69) is 26.1 Å². The van der Waals surface area contributed by atoms with Crippen LogP contribution in [-0.2, 0) is 17.8 Å². The quantitative estimate of drug-likeness (QED) is 0.455. The molecule has 0 saturated heterocycles. The van der Waals surface area contributed by atoms with E-state index in [1.54, 1.807) is 27.6 Å². The lowest BCUT2D eigenvalue weighted by atomic mass is 10.0.